The van der Waals surface area contributed by atoms with E-state index in [2.05, 4.69) is 13.8 Å². The number of hydrogen-bond donors (Lipinski definition) is 5. The smallest absolute Gasteiger partial charge is 0.726 e. The summed E-state index contributed by atoms with van der Waals surface area (Å²) in [6, 6.07) is 0. The minimum Gasteiger partial charge on any atom is -0.726 e. The maximum absolute atomic E-state index is 11.8. The summed E-state index contributed by atoms with van der Waals surface area (Å²) < 4.78 is 40.7. The average Bonchev–Trinajstić information content (AvgIpc) is 3.00. The Balaban J connectivity index is 0.00000400. The van der Waals surface area contributed by atoms with Gasteiger partial charge in [-0.2, -0.15) is 0 Å². The van der Waals surface area contributed by atoms with E-state index in [9.17, 15) is 38.5 Å². The predicted octanol–water partition coefficient (Wildman–Crippen LogP) is -1.04. The Morgan fingerprint density at radius 1 is 1.08 bits per heavy atom. The Labute approximate surface area is 250 Å². The van der Waals surface area contributed by atoms with Gasteiger partial charge >= 0.3 is 29.6 Å². The molecule has 216 valence electrons. The average molecular weight is 571 g/mol. The molecule has 3 unspecified atom stereocenters. The molecule has 9 nitrogen and oxygen atoms in total. The van der Waals surface area contributed by atoms with Crippen molar-refractivity contribution in [3.63, 3.8) is 0 Å². The molecular formula is C27H47NaO9S. The maximum Gasteiger partial charge on any atom is 1.00 e. The van der Waals surface area contributed by atoms with Gasteiger partial charge < -0.3 is 30.1 Å². The summed E-state index contributed by atoms with van der Waals surface area (Å²) in [6.07, 6.45) is 1.09. The molecule has 4 rings (SSSR count). The van der Waals surface area contributed by atoms with Crippen LogP contribution in [0.15, 0.2) is 0 Å². The molecule has 0 spiro atoms. The van der Waals surface area contributed by atoms with Gasteiger partial charge in [0.15, 0.2) is 0 Å². The van der Waals surface area contributed by atoms with Crippen molar-refractivity contribution in [2.75, 3.05) is 6.61 Å². The Hall–Kier alpha value is 0.670. The first-order valence-corrected chi connectivity index (χ1v) is 15.4. The molecule has 0 radical (unpaired) electrons. The van der Waals surface area contributed by atoms with Crippen LogP contribution >= 0.6 is 0 Å². The molecule has 13 atom stereocenters. The molecule has 4 fully saturated rings. The molecule has 0 aromatic heterocycles. The number of hydrogen-bond acceptors (Lipinski definition) is 9. The van der Waals surface area contributed by atoms with Gasteiger partial charge in [-0.3, -0.25) is 4.18 Å². The largest absolute Gasteiger partial charge is 1.00 e. The van der Waals surface area contributed by atoms with E-state index in [0.29, 0.717) is 19.3 Å². The first kappa shape index (κ1) is 33.2. The third-order valence-corrected chi connectivity index (χ3v) is 11.9. The van der Waals surface area contributed by atoms with Crippen LogP contribution in [0.2, 0.25) is 0 Å². The second-order valence-corrected chi connectivity index (χ2v) is 14.5. The van der Waals surface area contributed by atoms with E-state index >= 15 is 0 Å². The zero-order chi connectivity index (χ0) is 27.6. The van der Waals surface area contributed by atoms with Crippen LogP contribution in [-0.4, -0.2) is 75.1 Å². The molecule has 0 amide bonds. The van der Waals surface area contributed by atoms with Crippen LogP contribution in [0, 0.1) is 46.3 Å². The summed E-state index contributed by atoms with van der Waals surface area (Å²) in [5, 5.41) is 54.2. The van der Waals surface area contributed by atoms with Gasteiger partial charge in [0, 0.05) is 18.4 Å². The van der Waals surface area contributed by atoms with Crippen molar-refractivity contribution < 1.29 is 72.2 Å². The molecule has 4 saturated carbocycles. The zero-order valence-corrected chi connectivity index (χ0v) is 26.4. The first-order chi connectivity index (χ1) is 17.1. The fraction of sp³-hybridized carbons (Fsp3) is 1.00. The molecular weight excluding hydrogens is 523 g/mol. The van der Waals surface area contributed by atoms with Gasteiger partial charge in [0.05, 0.1) is 23.9 Å². The Bertz CT molecular complexity index is 936. The van der Waals surface area contributed by atoms with Crippen LogP contribution in [0.25, 0.3) is 0 Å². The van der Waals surface area contributed by atoms with E-state index in [-0.39, 0.29) is 78.6 Å². The molecule has 0 aliphatic heterocycles. The Morgan fingerprint density at radius 2 is 1.74 bits per heavy atom. The van der Waals surface area contributed by atoms with Crippen molar-refractivity contribution in [2.45, 2.75) is 115 Å². The number of fused-ring (bicyclic) bond motifs is 5. The van der Waals surface area contributed by atoms with Crippen LogP contribution in [0.1, 0.15) is 85.5 Å². The second kappa shape index (κ2) is 11.7. The standard InChI is InChI=1S/C27H48O9S.Na/c1-15(14-28)6-5-7-16(2)21-23(31)24(36-37(33,34)35)22-18-12-20(30)27(32)13-17(29)8-11-26(27,4)19(18)9-10-25(21,22)3;/h15-24,28-32H,5-14H2,1-4H3,(H,33,34,35);/q;+1/p-1/t15-,16+,17-,18?,19?,20+,21-,22?,23+,24+,25+,26+,27-;/m0./s1. The van der Waals surface area contributed by atoms with E-state index in [4.69, 9.17) is 4.18 Å². The van der Waals surface area contributed by atoms with Gasteiger partial charge in [-0.1, -0.05) is 40.5 Å². The van der Waals surface area contributed by atoms with Gasteiger partial charge in [0.25, 0.3) is 0 Å². The summed E-state index contributed by atoms with van der Waals surface area (Å²) in [4.78, 5) is 0. The monoisotopic (exact) mass is 570 g/mol. The summed E-state index contributed by atoms with van der Waals surface area (Å²) in [5.74, 6) is -0.886. The second-order valence-electron chi connectivity index (χ2n) is 13.5. The van der Waals surface area contributed by atoms with E-state index in [1.807, 2.05) is 13.8 Å². The summed E-state index contributed by atoms with van der Waals surface area (Å²) >= 11 is 0. The van der Waals surface area contributed by atoms with E-state index in [0.717, 1.165) is 25.7 Å². The molecule has 4 aliphatic rings. The SMILES string of the molecule is C[C@H](CO)CCC[C@@H](C)[C@H]1[C@@H](O)[C@H](OS(=O)(=O)[O-])C2C3C[C@@H](O)[C@@]4(O)C[C@@H](O)CC[C@]4(C)C3CC[C@@]21C.[Na+]. The third-order valence-electron chi connectivity index (χ3n) is 11.5. The summed E-state index contributed by atoms with van der Waals surface area (Å²) in [5.41, 5.74) is -2.66. The van der Waals surface area contributed by atoms with Gasteiger partial charge in [-0.15, -0.1) is 0 Å². The fourth-order valence-corrected chi connectivity index (χ4v) is 10.2. The van der Waals surface area contributed by atoms with Crippen LogP contribution in [0.5, 0.6) is 0 Å². The van der Waals surface area contributed by atoms with Gasteiger partial charge in [-0.25, -0.2) is 8.42 Å². The molecule has 5 N–H and O–H groups in total. The van der Waals surface area contributed by atoms with Crippen LogP contribution in [-0.2, 0) is 14.6 Å². The molecule has 38 heavy (non-hydrogen) atoms. The maximum atomic E-state index is 11.8. The number of aliphatic hydroxyl groups excluding tert-OH is 4. The van der Waals surface area contributed by atoms with E-state index < -0.39 is 57.2 Å². The zero-order valence-electron chi connectivity index (χ0n) is 23.6. The topological polar surface area (TPSA) is 168 Å². The normalized spacial score (nSPS) is 48.3. The summed E-state index contributed by atoms with van der Waals surface area (Å²) in [7, 11) is -5.09. The third kappa shape index (κ3) is 5.55. The Kier molecular flexibility index (Phi) is 10.3. The minimum absolute atomic E-state index is 0. The number of rotatable bonds is 8. The van der Waals surface area contributed by atoms with Crippen LogP contribution in [0.3, 0.4) is 0 Å². The molecule has 0 aromatic rings. The molecule has 0 bridgehead atoms. The number of aliphatic hydroxyl groups is 5. The first-order valence-electron chi connectivity index (χ1n) is 14.1. The van der Waals surface area contributed by atoms with Crippen molar-refractivity contribution in [3.05, 3.63) is 0 Å². The van der Waals surface area contributed by atoms with Gasteiger partial charge in [-0.05, 0) is 79.4 Å². The molecule has 0 saturated heterocycles. The van der Waals surface area contributed by atoms with Gasteiger partial charge in [0.1, 0.15) is 6.10 Å². The van der Waals surface area contributed by atoms with Crippen molar-refractivity contribution in [1.82, 2.24) is 0 Å². The summed E-state index contributed by atoms with van der Waals surface area (Å²) in [6.45, 7) is 8.19. The quantitative estimate of drug-likeness (QED) is 0.139. The molecule has 4 aliphatic carbocycles. The molecule has 0 heterocycles. The predicted molar refractivity (Wildman–Crippen MR) is 135 cm³/mol. The van der Waals surface area contributed by atoms with E-state index in [1.165, 1.54) is 0 Å². The molecule has 0 aromatic carbocycles. The minimum atomic E-state index is -5.09. The Morgan fingerprint density at radius 3 is 2.34 bits per heavy atom. The molecule has 11 heteroatoms. The van der Waals surface area contributed by atoms with Gasteiger partial charge in [0.2, 0.25) is 10.4 Å². The van der Waals surface area contributed by atoms with Crippen LogP contribution in [0.4, 0.5) is 0 Å². The fourth-order valence-electron chi connectivity index (χ4n) is 9.65. The van der Waals surface area contributed by atoms with Crippen molar-refractivity contribution in [1.29, 1.82) is 0 Å². The van der Waals surface area contributed by atoms with Crippen molar-refractivity contribution in [2.24, 2.45) is 46.3 Å². The van der Waals surface area contributed by atoms with E-state index in [1.54, 1.807) is 0 Å². The van der Waals surface area contributed by atoms with Crippen LogP contribution < -0.4 is 29.6 Å². The van der Waals surface area contributed by atoms with Crippen molar-refractivity contribution in [3.8, 4) is 0 Å². The van der Waals surface area contributed by atoms with Crippen molar-refractivity contribution >= 4 is 10.4 Å².